The number of hydrogen-bond donors (Lipinski definition) is 0. The van der Waals surface area contributed by atoms with Crippen molar-refractivity contribution < 1.29 is 9.53 Å². The van der Waals surface area contributed by atoms with Gasteiger partial charge in [-0.25, -0.2) is 0 Å². The molecule has 0 aromatic carbocycles. The fraction of sp³-hybridized carbons (Fsp3) is 0.643. The molecule has 3 rings (SSSR count). The van der Waals surface area contributed by atoms with E-state index < -0.39 is 0 Å². The summed E-state index contributed by atoms with van der Waals surface area (Å²) in [7, 11) is 0. The summed E-state index contributed by atoms with van der Waals surface area (Å²) in [5, 5.41) is 2.04. The monoisotopic (exact) mass is 282 g/mol. The zero-order chi connectivity index (χ0) is 12.4. The molecule has 3 heterocycles. The molecule has 2 atom stereocenters. The van der Waals surface area contributed by atoms with Crippen molar-refractivity contribution in [1.82, 2.24) is 0 Å². The number of ether oxygens (including phenoxy) is 1. The van der Waals surface area contributed by atoms with E-state index in [2.05, 4.69) is 6.07 Å². The minimum Gasteiger partial charge on any atom is -0.374 e. The van der Waals surface area contributed by atoms with Gasteiger partial charge in [-0.05, 0) is 36.5 Å². The summed E-state index contributed by atoms with van der Waals surface area (Å²) in [5.74, 6) is 2.90. The Morgan fingerprint density at radius 1 is 1.56 bits per heavy atom. The normalized spacial score (nSPS) is 31.9. The quantitative estimate of drug-likeness (QED) is 0.852. The average Bonchev–Trinajstić information content (AvgIpc) is 3.02. The zero-order valence-corrected chi connectivity index (χ0v) is 12.0. The molecule has 0 amide bonds. The molecule has 0 radical (unpaired) electrons. The highest BCUT2D eigenvalue weighted by Crippen LogP contribution is 2.40. The summed E-state index contributed by atoms with van der Waals surface area (Å²) in [6.45, 7) is 0.765. The van der Waals surface area contributed by atoms with Crippen molar-refractivity contribution in [3.8, 4) is 0 Å². The second-order valence-electron chi connectivity index (χ2n) is 5.25. The van der Waals surface area contributed by atoms with Crippen molar-refractivity contribution in [2.75, 3.05) is 18.1 Å². The van der Waals surface area contributed by atoms with E-state index in [1.165, 1.54) is 10.6 Å². The molecule has 0 bridgehead atoms. The first-order chi connectivity index (χ1) is 8.77. The molecule has 2 saturated heterocycles. The molecule has 18 heavy (non-hydrogen) atoms. The van der Waals surface area contributed by atoms with Crippen LogP contribution in [-0.4, -0.2) is 29.5 Å². The topological polar surface area (TPSA) is 26.3 Å². The molecule has 2 nitrogen and oxygen atoms in total. The van der Waals surface area contributed by atoms with Crippen molar-refractivity contribution in [1.29, 1.82) is 0 Å². The Balaban J connectivity index is 1.63. The number of hydrogen-bond acceptors (Lipinski definition) is 4. The van der Waals surface area contributed by atoms with Gasteiger partial charge in [0, 0.05) is 29.6 Å². The number of Topliss-reactive ketones (excluding diaryl/α,β-unsaturated/α-hetero) is 1. The minimum absolute atomic E-state index is 0.0265. The molecule has 1 aromatic heterocycles. The van der Waals surface area contributed by atoms with Gasteiger partial charge < -0.3 is 4.74 Å². The number of ketones is 1. The Morgan fingerprint density at radius 3 is 3.22 bits per heavy atom. The van der Waals surface area contributed by atoms with Crippen LogP contribution >= 0.6 is 23.1 Å². The lowest BCUT2D eigenvalue weighted by Crippen LogP contribution is -2.42. The Hall–Kier alpha value is -0.320. The lowest BCUT2D eigenvalue weighted by molar-refractivity contribution is -0.133. The Labute approximate surface area is 116 Å². The van der Waals surface area contributed by atoms with E-state index in [-0.39, 0.29) is 11.5 Å². The molecule has 4 heteroatoms. The molecule has 2 fully saturated rings. The lowest BCUT2D eigenvalue weighted by atomic mass is 9.82. The van der Waals surface area contributed by atoms with Crippen molar-refractivity contribution in [2.24, 2.45) is 5.92 Å². The first-order valence-electron chi connectivity index (χ1n) is 6.54. The molecule has 1 spiro atoms. The van der Waals surface area contributed by atoms with E-state index in [1.54, 1.807) is 11.3 Å². The molecule has 2 unspecified atom stereocenters. The van der Waals surface area contributed by atoms with E-state index in [0.717, 1.165) is 31.6 Å². The van der Waals surface area contributed by atoms with E-state index >= 15 is 0 Å². The molecule has 2 aliphatic heterocycles. The van der Waals surface area contributed by atoms with E-state index in [1.807, 2.05) is 23.2 Å². The SMILES string of the molecule is O=C(Cc1cccs1)C1CCOC2(CCSC2)C1. The van der Waals surface area contributed by atoms with Gasteiger partial charge in [0.15, 0.2) is 0 Å². The molecule has 0 N–H and O–H groups in total. The van der Waals surface area contributed by atoms with Crippen LogP contribution in [0.5, 0.6) is 0 Å². The Kier molecular flexibility index (Phi) is 3.78. The van der Waals surface area contributed by atoms with Crippen LogP contribution in [0, 0.1) is 5.92 Å². The summed E-state index contributed by atoms with van der Waals surface area (Å²) in [6, 6.07) is 4.08. The maximum Gasteiger partial charge on any atom is 0.141 e. The van der Waals surface area contributed by atoms with Crippen molar-refractivity contribution >= 4 is 28.9 Å². The predicted molar refractivity (Wildman–Crippen MR) is 76.4 cm³/mol. The van der Waals surface area contributed by atoms with Crippen LogP contribution in [0.15, 0.2) is 17.5 Å². The van der Waals surface area contributed by atoms with Gasteiger partial charge in [-0.2, -0.15) is 11.8 Å². The van der Waals surface area contributed by atoms with Crippen LogP contribution in [-0.2, 0) is 16.0 Å². The maximum absolute atomic E-state index is 12.3. The van der Waals surface area contributed by atoms with E-state index in [4.69, 9.17) is 4.74 Å². The van der Waals surface area contributed by atoms with E-state index in [9.17, 15) is 4.79 Å². The summed E-state index contributed by atoms with van der Waals surface area (Å²) < 4.78 is 5.97. The summed E-state index contributed by atoms with van der Waals surface area (Å²) in [6.07, 6.45) is 3.60. The maximum atomic E-state index is 12.3. The Bertz CT molecular complexity index is 407. The number of thioether (sulfide) groups is 1. The minimum atomic E-state index is 0.0265. The van der Waals surface area contributed by atoms with Gasteiger partial charge >= 0.3 is 0 Å². The second-order valence-corrected chi connectivity index (χ2v) is 7.38. The average molecular weight is 282 g/mol. The van der Waals surface area contributed by atoms with Crippen LogP contribution < -0.4 is 0 Å². The molecular formula is C14H18O2S2. The zero-order valence-electron chi connectivity index (χ0n) is 10.4. The predicted octanol–water partition coefficient (Wildman–Crippen LogP) is 3.16. The van der Waals surface area contributed by atoms with E-state index in [0.29, 0.717) is 12.2 Å². The number of thiophene rings is 1. The third kappa shape index (κ3) is 2.65. The van der Waals surface area contributed by atoms with Crippen molar-refractivity contribution in [3.63, 3.8) is 0 Å². The van der Waals surface area contributed by atoms with Crippen LogP contribution in [0.4, 0.5) is 0 Å². The molecule has 2 aliphatic rings. The third-order valence-corrected chi connectivity index (χ3v) is 6.04. The van der Waals surface area contributed by atoms with Crippen molar-refractivity contribution in [3.05, 3.63) is 22.4 Å². The fourth-order valence-electron chi connectivity index (χ4n) is 2.90. The summed E-state index contributed by atoms with van der Waals surface area (Å²) in [4.78, 5) is 13.5. The first-order valence-corrected chi connectivity index (χ1v) is 8.58. The third-order valence-electron chi connectivity index (χ3n) is 3.94. The van der Waals surface area contributed by atoms with Gasteiger partial charge in [-0.3, -0.25) is 4.79 Å². The highest BCUT2D eigenvalue weighted by molar-refractivity contribution is 7.99. The molecule has 0 saturated carbocycles. The number of carbonyl (C=O) groups excluding carboxylic acids is 1. The lowest BCUT2D eigenvalue weighted by Gasteiger charge is -2.37. The number of rotatable bonds is 3. The standard InChI is InChI=1S/C14H18O2S2/c15-13(8-12-2-1-6-18-12)11-3-5-16-14(9-11)4-7-17-10-14/h1-2,6,11H,3-5,7-10H2. The molecule has 0 aliphatic carbocycles. The van der Waals surface area contributed by atoms with Crippen LogP contribution in [0.3, 0.4) is 0 Å². The highest BCUT2D eigenvalue weighted by Gasteiger charge is 2.42. The highest BCUT2D eigenvalue weighted by atomic mass is 32.2. The van der Waals surface area contributed by atoms with Crippen LogP contribution in [0.2, 0.25) is 0 Å². The van der Waals surface area contributed by atoms with Gasteiger partial charge in [-0.15, -0.1) is 11.3 Å². The fourth-order valence-corrected chi connectivity index (χ4v) is 4.99. The van der Waals surface area contributed by atoms with Gasteiger partial charge in [0.25, 0.3) is 0 Å². The van der Waals surface area contributed by atoms with Crippen molar-refractivity contribution in [2.45, 2.75) is 31.3 Å². The summed E-state index contributed by atoms with van der Waals surface area (Å²) >= 11 is 3.65. The van der Waals surface area contributed by atoms with Gasteiger partial charge in [0.2, 0.25) is 0 Å². The van der Waals surface area contributed by atoms with Gasteiger partial charge in [0.1, 0.15) is 5.78 Å². The smallest absolute Gasteiger partial charge is 0.141 e. The molecular weight excluding hydrogens is 264 g/mol. The number of carbonyl (C=O) groups is 1. The first kappa shape index (κ1) is 12.7. The van der Waals surface area contributed by atoms with Crippen LogP contribution in [0.25, 0.3) is 0 Å². The molecule has 1 aromatic rings. The summed E-state index contributed by atoms with van der Waals surface area (Å²) in [5.41, 5.74) is 0.0265. The largest absolute Gasteiger partial charge is 0.374 e. The Morgan fingerprint density at radius 2 is 2.50 bits per heavy atom. The van der Waals surface area contributed by atoms with Gasteiger partial charge in [-0.1, -0.05) is 6.07 Å². The second kappa shape index (κ2) is 5.35. The molecule has 98 valence electrons. The van der Waals surface area contributed by atoms with Gasteiger partial charge in [0.05, 0.1) is 5.60 Å². The van der Waals surface area contributed by atoms with Crippen LogP contribution in [0.1, 0.15) is 24.1 Å².